The lowest BCUT2D eigenvalue weighted by molar-refractivity contribution is 0.361. The molecule has 1 unspecified atom stereocenters. The smallest absolute Gasteiger partial charge is 0.103 e. The summed E-state index contributed by atoms with van der Waals surface area (Å²) in [5, 5.41) is 3.38. The second-order valence-corrected chi connectivity index (χ2v) is 4.84. The van der Waals surface area contributed by atoms with Crippen LogP contribution < -0.4 is 5.32 Å². The molecule has 0 aliphatic heterocycles. The minimum atomic E-state index is 0.0804. The van der Waals surface area contributed by atoms with Crippen LogP contribution in [0.5, 0.6) is 0 Å². The lowest BCUT2D eigenvalue weighted by Gasteiger charge is -2.25. The third-order valence-electron chi connectivity index (χ3n) is 2.66. The van der Waals surface area contributed by atoms with Gasteiger partial charge >= 0.3 is 0 Å². The Kier molecular flexibility index (Phi) is 3.51. The van der Waals surface area contributed by atoms with Crippen LogP contribution in [0.2, 0.25) is 0 Å². The SMILES string of the molecule is CN(C)C(C(=S)NC1CC1)c1ccccn1. The zero-order chi connectivity index (χ0) is 11.5. The van der Waals surface area contributed by atoms with E-state index >= 15 is 0 Å². The van der Waals surface area contributed by atoms with Crippen molar-refractivity contribution in [3.05, 3.63) is 30.1 Å². The second kappa shape index (κ2) is 4.89. The van der Waals surface area contributed by atoms with Gasteiger partial charge < -0.3 is 5.32 Å². The molecule has 1 aliphatic carbocycles. The van der Waals surface area contributed by atoms with Crippen LogP contribution >= 0.6 is 12.2 Å². The van der Waals surface area contributed by atoms with Crippen molar-refractivity contribution < 1.29 is 0 Å². The molecule has 1 atom stereocenters. The first-order valence-electron chi connectivity index (χ1n) is 5.56. The fourth-order valence-electron chi connectivity index (χ4n) is 1.68. The van der Waals surface area contributed by atoms with Crippen molar-refractivity contribution in [3.63, 3.8) is 0 Å². The molecular formula is C12H17N3S. The number of nitrogens with zero attached hydrogens (tertiary/aromatic N) is 2. The van der Waals surface area contributed by atoms with Gasteiger partial charge in [0.25, 0.3) is 0 Å². The lowest BCUT2D eigenvalue weighted by atomic mass is 10.1. The van der Waals surface area contributed by atoms with E-state index in [-0.39, 0.29) is 6.04 Å². The Morgan fingerprint density at radius 1 is 1.50 bits per heavy atom. The number of likely N-dealkylation sites (N-methyl/N-ethyl adjacent to an activating group) is 1. The van der Waals surface area contributed by atoms with Crippen LogP contribution in [-0.2, 0) is 0 Å². The molecule has 0 amide bonds. The van der Waals surface area contributed by atoms with E-state index in [2.05, 4.69) is 15.2 Å². The lowest BCUT2D eigenvalue weighted by Crippen LogP contribution is -2.37. The van der Waals surface area contributed by atoms with Gasteiger partial charge in [0.1, 0.15) is 6.04 Å². The molecule has 1 saturated carbocycles. The highest BCUT2D eigenvalue weighted by atomic mass is 32.1. The van der Waals surface area contributed by atoms with E-state index in [1.54, 1.807) is 0 Å². The third kappa shape index (κ3) is 2.77. The summed E-state index contributed by atoms with van der Waals surface area (Å²) in [6.07, 6.45) is 4.29. The molecule has 0 bridgehead atoms. The molecule has 4 heteroatoms. The van der Waals surface area contributed by atoms with Gasteiger partial charge in [-0.1, -0.05) is 18.3 Å². The van der Waals surface area contributed by atoms with Crippen molar-refractivity contribution in [2.45, 2.75) is 24.9 Å². The molecule has 0 aromatic carbocycles. The molecule has 86 valence electrons. The Morgan fingerprint density at radius 2 is 2.25 bits per heavy atom. The van der Waals surface area contributed by atoms with E-state index in [0.29, 0.717) is 6.04 Å². The second-order valence-electron chi connectivity index (χ2n) is 4.40. The first-order chi connectivity index (χ1) is 7.68. The van der Waals surface area contributed by atoms with Gasteiger partial charge in [-0.25, -0.2) is 0 Å². The van der Waals surface area contributed by atoms with Gasteiger partial charge in [-0.2, -0.15) is 0 Å². The summed E-state index contributed by atoms with van der Waals surface area (Å²) >= 11 is 5.46. The van der Waals surface area contributed by atoms with Crippen LogP contribution in [0.3, 0.4) is 0 Å². The number of thiocarbonyl (C=S) groups is 1. The molecule has 2 rings (SSSR count). The topological polar surface area (TPSA) is 28.2 Å². The summed E-state index contributed by atoms with van der Waals surface area (Å²) in [7, 11) is 4.06. The molecule has 16 heavy (non-hydrogen) atoms. The summed E-state index contributed by atoms with van der Waals surface area (Å²) in [4.78, 5) is 7.36. The van der Waals surface area contributed by atoms with E-state index in [9.17, 15) is 0 Å². The largest absolute Gasteiger partial charge is 0.375 e. The maximum Gasteiger partial charge on any atom is 0.103 e. The van der Waals surface area contributed by atoms with Crippen LogP contribution in [0.15, 0.2) is 24.4 Å². The van der Waals surface area contributed by atoms with Gasteiger partial charge in [0.15, 0.2) is 0 Å². The first-order valence-corrected chi connectivity index (χ1v) is 5.97. The minimum Gasteiger partial charge on any atom is -0.375 e. The highest BCUT2D eigenvalue weighted by Crippen LogP contribution is 2.23. The van der Waals surface area contributed by atoms with Crippen LogP contribution in [-0.4, -0.2) is 35.0 Å². The fraction of sp³-hybridized carbons (Fsp3) is 0.500. The maximum absolute atomic E-state index is 5.46. The highest BCUT2D eigenvalue weighted by molar-refractivity contribution is 7.80. The summed E-state index contributed by atoms with van der Waals surface area (Å²) in [6.45, 7) is 0. The van der Waals surface area contributed by atoms with Gasteiger partial charge in [0.2, 0.25) is 0 Å². The predicted octanol–water partition coefficient (Wildman–Crippen LogP) is 1.76. The molecule has 0 spiro atoms. The number of nitrogens with one attached hydrogen (secondary N) is 1. The number of rotatable bonds is 4. The Balaban J connectivity index is 2.12. The van der Waals surface area contributed by atoms with Crippen LogP contribution in [0.4, 0.5) is 0 Å². The standard InChI is InChI=1S/C12H17N3S/c1-15(2)11(10-5-3-4-8-13-10)12(16)14-9-6-7-9/h3-5,8-9,11H,6-7H2,1-2H3,(H,14,16). The minimum absolute atomic E-state index is 0.0804. The Morgan fingerprint density at radius 3 is 2.75 bits per heavy atom. The van der Waals surface area contributed by atoms with E-state index in [0.717, 1.165) is 10.7 Å². The van der Waals surface area contributed by atoms with E-state index < -0.39 is 0 Å². The van der Waals surface area contributed by atoms with Gasteiger partial charge in [0, 0.05) is 12.2 Å². The fourth-order valence-corrected chi connectivity index (χ4v) is 2.18. The van der Waals surface area contributed by atoms with Crippen molar-refractivity contribution in [1.29, 1.82) is 0 Å². The monoisotopic (exact) mass is 235 g/mol. The molecule has 1 aromatic heterocycles. The average molecular weight is 235 g/mol. The molecule has 1 fully saturated rings. The third-order valence-corrected chi connectivity index (χ3v) is 3.00. The molecular weight excluding hydrogens is 218 g/mol. The maximum atomic E-state index is 5.46. The zero-order valence-corrected chi connectivity index (χ0v) is 10.5. The molecule has 1 aliphatic rings. The molecule has 3 nitrogen and oxygen atoms in total. The molecule has 1 heterocycles. The van der Waals surface area contributed by atoms with Crippen LogP contribution in [0, 0.1) is 0 Å². The summed E-state index contributed by atoms with van der Waals surface area (Å²) in [5.74, 6) is 0. The van der Waals surface area contributed by atoms with Gasteiger partial charge in [-0.05, 0) is 39.1 Å². The van der Waals surface area contributed by atoms with E-state index in [1.807, 2.05) is 38.5 Å². The van der Waals surface area contributed by atoms with Crippen molar-refractivity contribution in [1.82, 2.24) is 15.2 Å². The van der Waals surface area contributed by atoms with E-state index in [4.69, 9.17) is 12.2 Å². The molecule has 1 N–H and O–H groups in total. The Hall–Kier alpha value is -1.00. The number of aromatic nitrogens is 1. The van der Waals surface area contributed by atoms with Crippen molar-refractivity contribution in [2.24, 2.45) is 0 Å². The van der Waals surface area contributed by atoms with Crippen molar-refractivity contribution in [2.75, 3.05) is 14.1 Å². The first kappa shape index (κ1) is 11.5. The highest BCUT2D eigenvalue weighted by Gasteiger charge is 2.27. The van der Waals surface area contributed by atoms with E-state index in [1.165, 1.54) is 12.8 Å². The number of hydrogen-bond donors (Lipinski definition) is 1. The van der Waals surface area contributed by atoms with Crippen LogP contribution in [0.1, 0.15) is 24.6 Å². The van der Waals surface area contributed by atoms with Gasteiger partial charge in [0.05, 0.1) is 10.7 Å². The molecule has 0 radical (unpaired) electrons. The summed E-state index contributed by atoms with van der Waals surface area (Å²) < 4.78 is 0. The van der Waals surface area contributed by atoms with Crippen molar-refractivity contribution in [3.8, 4) is 0 Å². The molecule has 0 saturated heterocycles. The Labute approximate surface area is 102 Å². The number of hydrogen-bond acceptors (Lipinski definition) is 3. The summed E-state index contributed by atoms with van der Waals surface area (Å²) in [5.41, 5.74) is 1.01. The normalized spacial score (nSPS) is 17.2. The zero-order valence-electron chi connectivity index (χ0n) is 9.68. The predicted molar refractivity (Wildman–Crippen MR) is 69.4 cm³/mol. The van der Waals surface area contributed by atoms with Crippen LogP contribution in [0.25, 0.3) is 0 Å². The average Bonchev–Trinajstić information content (AvgIpc) is 3.03. The quantitative estimate of drug-likeness (QED) is 0.805. The van der Waals surface area contributed by atoms with Crippen molar-refractivity contribution >= 4 is 17.2 Å². The molecule has 1 aromatic rings. The van der Waals surface area contributed by atoms with Gasteiger partial charge in [-0.3, -0.25) is 9.88 Å². The van der Waals surface area contributed by atoms with Gasteiger partial charge in [-0.15, -0.1) is 0 Å². The summed E-state index contributed by atoms with van der Waals surface area (Å²) in [6, 6.07) is 6.62. The Bertz CT molecular complexity index is 360. The number of pyridine rings is 1.